The van der Waals surface area contributed by atoms with Crippen molar-refractivity contribution in [3.63, 3.8) is 0 Å². The topological polar surface area (TPSA) is 57.2 Å². The molecule has 0 spiro atoms. The maximum Gasteiger partial charge on any atom is 0.187 e. The number of pyridine rings is 2. The molecule has 2 heterocycles. The van der Waals surface area contributed by atoms with Gasteiger partial charge in [0.15, 0.2) is 5.69 Å². The van der Waals surface area contributed by atoms with Crippen molar-refractivity contribution >= 4 is 23.0 Å². The van der Waals surface area contributed by atoms with Crippen LogP contribution in [-0.4, -0.2) is 9.97 Å². The van der Waals surface area contributed by atoms with E-state index in [0.717, 1.165) is 50.5 Å². The van der Waals surface area contributed by atoms with Gasteiger partial charge < -0.3 is 0 Å². The Morgan fingerprint density at radius 3 is 1.47 bits per heavy atom. The molecule has 0 unspecified atom stereocenters. The summed E-state index contributed by atoms with van der Waals surface area (Å²) < 4.78 is 0. The molecule has 0 saturated heterocycles. The van der Waals surface area contributed by atoms with Crippen LogP contribution in [0.4, 0.5) is 23.0 Å². The molecule has 0 N–H and O–H groups in total. The second kappa shape index (κ2) is 14.9. The van der Waals surface area contributed by atoms with Gasteiger partial charge in [0.2, 0.25) is 0 Å². The molecule has 0 bridgehead atoms. The Morgan fingerprint density at radius 1 is 0.527 bits per heavy atom. The molecule has 0 aliphatic rings. The van der Waals surface area contributed by atoms with Crippen LogP contribution in [0.5, 0.6) is 0 Å². The van der Waals surface area contributed by atoms with Crippen LogP contribution < -0.4 is 4.90 Å². The van der Waals surface area contributed by atoms with Crippen molar-refractivity contribution in [2.24, 2.45) is 0 Å². The third kappa shape index (κ3) is 7.79. The van der Waals surface area contributed by atoms with Crippen molar-refractivity contribution in [3.05, 3.63) is 180 Å². The van der Waals surface area contributed by atoms with Gasteiger partial charge in [-0.15, -0.1) is 0 Å². The molecule has 55 heavy (non-hydrogen) atoms. The van der Waals surface area contributed by atoms with Crippen LogP contribution in [0.15, 0.2) is 152 Å². The summed E-state index contributed by atoms with van der Waals surface area (Å²) in [6.07, 6.45) is 0. The molecule has 0 radical (unpaired) electrons. The SMILES string of the molecule is [C-]#[N+]c1cccc(-c2nc(N(c3cc(C(C)(C)C)cc(C(C)(C)C)c3)c3ccc(-c4ccccc4)c(-c4cccc(C#N)c4)n3)ccc2-c2ccccc2)c1. The molecule has 0 atom stereocenters. The monoisotopic (exact) mass is 713 g/mol. The summed E-state index contributed by atoms with van der Waals surface area (Å²) in [6.45, 7) is 21.2. The average Bonchev–Trinajstić information content (AvgIpc) is 3.21. The summed E-state index contributed by atoms with van der Waals surface area (Å²) >= 11 is 0. The molecule has 2 aromatic heterocycles. The highest BCUT2D eigenvalue weighted by molar-refractivity contribution is 5.87. The predicted octanol–water partition coefficient (Wildman–Crippen LogP) is 13.6. The van der Waals surface area contributed by atoms with Crippen LogP contribution in [0.25, 0.3) is 49.6 Å². The average molecular weight is 714 g/mol. The summed E-state index contributed by atoms with van der Waals surface area (Å²) in [7, 11) is 0. The molecule has 0 aliphatic carbocycles. The van der Waals surface area contributed by atoms with Crippen LogP contribution in [0.1, 0.15) is 58.2 Å². The lowest BCUT2D eigenvalue weighted by Crippen LogP contribution is -2.20. The summed E-state index contributed by atoms with van der Waals surface area (Å²) in [4.78, 5) is 16.9. The number of nitrogens with zero attached hydrogens (tertiary/aromatic N) is 5. The maximum absolute atomic E-state index is 9.87. The van der Waals surface area contributed by atoms with Crippen LogP contribution in [0, 0.1) is 17.9 Å². The van der Waals surface area contributed by atoms with Crippen molar-refractivity contribution in [3.8, 4) is 50.8 Å². The molecule has 5 nitrogen and oxygen atoms in total. The van der Waals surface area contributed by atoms with Crippen molar-refractivity contribution in [2.75, 3.05) is 4.90 Å². The lowest BCUT2D eigenvalue weighted by atomic mass is 9.80. The third-order valence-electron chi connectivity index (χ3n) is 9.81. The van der Waals surface area contributed by atoms with Gasteiger partial charge in [-0.3, -0.25) is 4.90 Å². The van der Waals surface area contributed by atoms with E-state index in [1.54, 1.807) is 0 Å². The van der Waals surface area contributed by atoms with Gasteiger partial charge in [-0.05, 0) is 93.2 Å². The Morgan fingerprint density at radius 2 is 1.00 bits per heavy atom. The van der Waals surface area contributed by atoms with Gasteiger partial charge in [-0.2, -0.15) is 5.26 Å². The first-order chi connectivity index (χ1) is 26.4. The van der Waals surface area contributed by atoms with E-state index >= 15 is 0 Å². The number of hydrogen-bond acceptors (Lipinski definition) is 4. The highest BCUT2D eigenvalue weighted by Gasteiger charge is 2.26. The van der Waals surface area contributed by atoms with Gasteiger partial charge in [0.05, 0.1) is 29.6 Å². The quantitative estimate of drug-likeness (QED) is 0.154. The van der Waals surface area contributed by atoms with Crippen LogP contribution in [0.3, 0.4) is 0 Å². The molecule has 0 fully saturated rings. The van der Waals surface area contributed by atoms with E-state index in [2.05, 4.69) is 124 Å². The van der Waals surface area contributed by atoms with E-state index in [-0.39, 0.29) is 10.8 Å². The van der Waals surface area contributed by atoms with Gasteiger partial charge in [-0.1, -0.05) is 139 Å². The molecule has 0 aliphatic heterocycles. The van der Waals surface area contributed by atoms with Crippen molar-refractivity contribution < 1.29 is 0 Å². The summed E-state index contributed by atoms with van der Waals surface area (Å²) in [6, 6.07) is 53.3. The van der Waals surface area contributed by atoms with Crippen molar-refractivity contribution in [1.29, 1.82) is 5.26 Å². The highest BCUT2D eigenvalue weighted by Crippen LogP contribution is 2.43. The van der Waals surface area contributed by atoms with Gasteiger partial charge in [0.25, 0.3) is 0 Å². The lowest BCUT2D eigenvalue weighted by Gasteiger charge is -2.31. The Labute approximate surface area is 325 Å². The molecular weight excluding hydrogens is 671 g/mol. The minimum atomic E-state index is -0.134. The summed E-state index contributed by atoms with van der Waals surface area (Å²) in [5.74, 6) is 1.37. The number of hydrogen-bond donors (Lipinski definition) is 0. The molecular formula is C50H43N5. The second-order valence-corrected chi connectivity index (χ2v) is 15.8. The first-order valence-corrected chi connectivity index (χ1v) is 18.5. The maximum atomic E-state index is 9.87. The fourth-order valence-corrected chi connectivity index (χ4v) is 6.74. The minimum Gasteiger partial charge on any atom is -0.279 e. The van der Waals surface area contributed by atoms with E-state index in [9.17, 15) is 5.26 Å². The zero-order valence-corrected chi connectivity index (χ0v) is 32.2. The fourth-order valence-electron chi connectivity index (χ4n) is 6.74. The molecule has 7 rings (SSSR count). The predicted molar refractivity (Wildman–Crippen MR) is 227 cm³/mol. The fraction of sp³-hybridized carbons (Fsp3) is 0.160. The van der Waals surface area contributed by atoms with E-state index in [1.165, 1.54) is 11.1 Å². The zero-order chi connectivity index (χ0) is 38.7. The van der Waals surface area contributed by atoms with Crippen LogP contribution in [0.2, 0.25) is 0 Å². The lowest BCUT2D eigenvalue weighted by molar-refractivity contribution is 0.568. The van der Waals surface area contributed by atoms with Crippen LogP contribution in [-0.2, 0) is 10.8 Å². The Kier molecular flexibility index (Phi) is 9.90. The van der Waals surface area contributed by atoms with Gasteiger partial charge in [-0.25, -0.2) is 14.8 Å². The van der Waals surface area contributed by atoms with E-state index in [4.69, 9.17) is 16.5 Å². The number of rotatable bonds is 7. The van der Waals surface area contributed by atoms with Crippen LogP contribution >= 0.6 is 0 Å². The number of benzene rings is 5. The normalized spacial score (nSPS) is 11.4. The summed E-state index contributed by atoms with van der Waals surface area (Å²) in [5, 5.41) is 9.87. The molecule has 7 aromatic rings. The second-order valence-electron chi connectivity index (χ2n) is 15.8. The number of anilines is 3. The largest absolute Gasteiger partial charge is 0.279 e. The third-order valence-corrected chi connectivity index (χ3v) is 9.81. The highest BCUT2D eigenvalue weighted by atomic mass is 15.2. The van der Waals surface area contributed by atoms with E-state index < -0.39 is 0 Å². The van der Waals surface area contributed by atoms with E-state index in [1.807, 2.05) is 84.9 Å². The van der Waals surface area contributed by atoms with E-state index in [0.29, 0.717) is 22.9 Å². The van der Waals surface area contributed by atoms with Gasteiger partial charge in [0, 0.05) is 22.4 Å². The Balaban J connectivity index is 1.55. The molecule has 0 saturated carbocycles. The minimum absolute atomic E-state index is 0.134. The molecule has 0 amide bonds. The number of nitriles is 1. The molecule has 5 heteroatoms. The zero-order valence-electron chi connectivity index (χ0n) is 32.2. The number of aromatic nitrogens is 2. The van der Waals surface area contributed by atoms with Gasteiger partial charge >= 0.3 is 0 Å². The summed E-state index contributed by atoms with van der Waals surface area (Å²) in [5.41, 5.74) is 11.4. The molecule has 5 aromatic carbocycles. The Bertz CT molecular complexity index is 2400. The standard InChI is InChI=1S/C50H43N5/c1-49(2,3)39-30-40(50(4,5)6)32-42(31-39)55(45-26-24-43(35-17-10-8-11-18-35)47(53-45)37-21-14-16-34(28-37)33-51)46-27-25-44(36-19-12-9-13-20-36)48(54-46)38-22-15-23-41(29-38)52-7/h8-32H,1-6H3. The Hall–Kier alpha value is -6.82. The molecule has 268 valence electrons. The smallest absolute Gasteiger partial charge is 0.187 e. The van der Waals surface area contributed by atoms with Crippen molar-refractivity contribution in [2.45, 2.75) is 52.4 Å². The first-order valence-electron chi connectivity index (χ1n) is 18.5. The van der Waals surface area contributed by atoms with Crippen molar-refractivity contribution in [1.82, 2.24) is 9.97 Å². The van der Waals surface area contributed by atoms with Gasteiger partial charge in [0.1, 0.15) is 11.6 Å². The first kappa shape index (κ1) is 36.5.